The maximum absolute atomic E-state index is 9.79. The number of halogens is 1. The van der Waals surface area contributed by atoms with E-state index in [2.05, 4.69) is 12.2 Å². The molecule has 0 saturated heterocycles. The van der Waals surface area contributed by atoms with Gasteiger partial charge in [0.1, 0.15) is 17.3 Å². The quantitative estimate of drug-likeness (QED) is 0.885. The summed E-state index contributed by atoms with van der Waals surface area (Å²) in [7, 11) is 0. The molecule has 1 unspecified atom stereocenters. The largest absolute Gasteiger partial charge is 0.508 e. The van der Waals surface area contributed by atoms with Gasteiger partial charge in [0.2, 0.25) is 0 Å². The van der Waals surface area contributed by atoms with E-state index < -0.39 is 0 Å². The van der Waals surface area contributed by atoms with Gasteiger partial charge in [-0.05, 0) is 39.0 Å². The van der Waals surface area contributed by atoms with Crippen LogP contribution in [0.3, 0.4) is 0 Å². The van der Waals surface area contributed by atoms with Gasteiger partial charge in [-0.2, -0.15) is 0 Å². The molecule has 0 fully saturated rings. The zero-order chi connectivity index (χ0) is 14.0. The van der Waals surface area contributed by atoms with Crippen LogP contribution >= 0.6 is 11.6 Å². The molecule has 1 atom stereocenters. The molecule has 0 aliphatic heterocycles. The Morgan fingerprint density at radius 3 is 2.68 bits per heavy atom. The van der Waals surface area contributed by atoms with Crippen molar-refractivity contribution in [1.29, 1.82) is 0 Å². The molecule has 1 aromatic carbocycles. The lowest BCUT2D eigenvalue weighted by Crippen LogP contribution is -2.18. The molecule has 0 amide bonds. The van der Waals surface area contributed by atoms with E-state index in [0.29, 0.717) is 17.1 Å². The number of rotatable bonds is 4. The van der Waals surface area contributed by atoms with Crippen LogP contribution in [0.1, 0.15) is 35.6 Å². The molecule has 1 aromatic heterocycles. The van der Waals surface area contributed by atoms with Gasteiger partial charge in [0, 0.05) is 28.7 Å². The number of phenolic OH excluding ortho intramolecular Hbond substituents is 1. The molecule has 0 bridgehead atoms. The number of furan rings is 1. The van der Waals surface area contributed by atoms with Gasteiger partial charge in [-0.1, -0.05) is 17.7 Å². The molecule has 1 heterocycles. The van der Waals surface area contributed by atoms with Crippen LogP contribution in [-0.4, -0.2) is 5.11 Å². The molecular formula is C15H18ClNO2. The van der Waals surface area contributed by atoms with E-state index in [0.717, 1.165) is 17.1 Å². The van der Waals surface area contributed by atoms with Crippen molar-refractivity contribution in [2.45, 2.75) is 33.4 Å². The third kappa shape index (κ3) is 3.11. The summed E-state index contributed by atoms with van der Waals surface area (Å²) in [4.78, 5) is 0. The van der Waals surface area contributed by atoms with Gasteiger partial charge in [0.05, 0.1) is 0 Å². The topological polar surface area (TPSA) is 45.4 Å². The number of aryl methyl sites for hydroxylation is 2. The molecular weight excluding hydrogens is 262 g/mol. The molecule has 0 aliphatic carbocycles. The van der Waals surface area contributed by atoms with E-state index >= 15 is 0 Å². The Balaban J connectivity index is 2.08. The summed E-state index contributed by atoms with van der Waals surface area (Å²) < 4.78 is 5.52. The van der Waals surface area contributed by atoms with Crippen LogP contribution in [0.4, 0.5) is 0 Å². The molecule has 0 spiro atoms. The van der Waals surface area contributed by atoms with Gasteiger partial charge in [-0.25, -0.2) is 0 Å². The van der Waals surface area contributed by atoms with Crippen LogP contribution in [0.2, 0.25) is 5.02 Å². The van der Waals surface area contributed by atoms with E-state index in [4.69, 9.17) is 16.0 Å². The first-order valence-corrected chi connectivity index (χ1v) is 6.63. The molecule has 4 heteroatoms. The van der Waals surface area contributed by atoms with Gasteiger partial charge < -0.3 is 14.8 Å². The van der Waals surface area contributed by atoms with E-state index in [9.17, 15) is 5.11 Å². The van der Waals surface area contributed by atoms with Crippen LogP contribution in [0.15, 0.2) is 28.7 Å². The average molecular weight is 280 g/mol. The fourth-order valence-electron chi connectivity index (χ4n) is 2.17. The summed E-state index contributed by atoms with van der Waals surface area (Å²) in [6.45, 7) is 6.46. The van der Waals surface area contributed by atoms with Crippen LogP contribution in [0.5, 0.6) is 5.75 Å². The lowest BCUT2D eigenvalue weighted by atomic mass is 10.1. The molecule has 0 aliphatic rings. The van der Waals surface area contributed by atoms with Gasteiger partial charge in [0.15, 0.2) is 0 Å². The fourth-order valence-corrected chi connectivity index (χ4v) is 2.40. The molecule has 19 heavy (non-hydrogen) atoms. The molecule has 2 N–H and O–H groups in total. The van der Waals surface area contributed by atoms with E-state index in [1.165, 1.54) is 0 Å². The molecule has 2 aromatic rings. The van der Waals surface area contributed by atoms with Gasteiger partial charge in [-0.15, -0.1) is 0 Å². The summed E-state index contributed by atoms with van der Waals surface area (Å²) in [6.07, 6.45) is 0. The lowest BCUT2D eigenvalue weighted by Gasteiger charge is -2.14. The Kier molecular flexibility index (Phi) is 4.17. The third-order valence-electron chi connectivity index (χ3n) is 3.23. The minimum atomic E-state index is 0.133. The first-order valence-electron chi connectivity index (χ1n) is 6.25. The van der Waals surface area contributed by atoms with Crippen LogP contribution < -0.4 is 5.32 Å². The highest BCUT2D eigenvalue weighted by molar-refractivity contribution is 6.31. The van der Waals surface area contributed by atoms with Crippen molar-refractivity contribution in [2.24, 2.45) is 0 Å². The molecule has 0 saturated carbocycles. The number of benzene rings is 1. The van der Waals surface area contributed by atoms with Crippen LogP contribution in [-0.2, 0) is 6.54 Å². The summed E-state index contributed by atoms with van der Waals surface area (Å²) in [5.41, 5.74) is 1.85. The monoisotopic (exact) mass is 279 g/mol. The smallest absolute Gasteiger partial charge is 0.121 e. The summed E-state index contributed by atoms with van der Waals surface area (Å²) in [5, 5.41) is 13.7. The second-order valence-corrected chi connectivity index (χ2v) is 5.12. The van der Waals surface area contributed by atoms with E-state index in [1.54, 1.807) is 18.2 Å². The summed E-state index contributed by atoms with van der Waals surface area (Å²) in [5.74, 6) is 2.04. The predicted octanol–water partition coefficient (Wildman–Crippen LogP) is 4.11. The first kappa shape index (κ1) is 14.0. The Hall–Kier alpha value is -1.45. The normalized spacial score (nSPS) is 12.6. The second kappa shape index (κ2) is 5.68. The van der Waals surface area contributed by atoms with Crippen molar-refractivity contribution >= 4 is 11.6 Å². The molecule has 102 valence electrons. The summed E-state index contributed by atoms with van der Waals surface area (Å²) >= 11 is 6.08. The molecule has 3 nitrogen and oxygen atoms in total. The molecule has 0 radical (unpaired) electrons. The van der Waals surface area contributed by atoms with Crippen LogP contribution in [0, 0.1) is 13.8 Å². The highest BCUT2D eigenvalue weighted by Gasteiger charge is 2.13. The zero-order valence-corrected chi connectivity index (χ0v) is 12.1. The number of hydrogen-bond acceptors (Lipinski definition) is 3. The van der Waals surface area contributed by atoms with Crippen molar-refractivity contribution in [3.63, 3.8) is 0 Å². The summed E-state index contributed by atoms with van der Waals surface area (Å²) in [6, 6.07) is 7.30. The second-order valence-electron chi connectivity index (χ2n) is 4.71. The predicted molar refractivity (Wildman–Crippen MR) is 76.6 cm³/mol. The Labute approximate surface area is 118 Å². The minimum absolute atomic E-state index is 0.133. The number of nitrogens with one attached hydrogen (secondary N) is 1. The molecule has 2 rings (SSSR count). The van der Waals surface area contributed by atoms with Crippen molar-refractivity contribution in [1.82, 2.24) is 5.32 Å². The Morgan fingerprint density at radius 2 is 2.11 bits per heavy atom. The SMILES string of the molecule is Cc1cc(C(C)NCc2c(O)cccc2Cl)c(C)o1. The number of aromatic hydroxyl groups is 1. The van der Waals surface area contributed by atoms with Crippen molar-refractivity contribution < 1.29 is 9.52 Å². The number of phenols is 1. The van der Waals surface area contributed by atoms with E-state index in [1.807, 2.05) is 19.9 Å². The highest BCUT2D eigenvalue weighted by Crippen LogP contribution is 2.27. The third-order valence-corrected chi connectivity index (χ3v) is 3.58. The fraction of sp³-hybridized carbons (Fsp3) is 0.333. The van der Waals surface area contributed by atoms with Gasteiger partial charge in [0.25, 0.3) is 0 Å². The minimum Gasteiger partial charge on any atom is -0.508 e. The Bertz CT molecular complexity index is 557. The Morgan fingerprint density at radius 1 is 1.37 bits per heavy atom. The first-order chi connectivity index (χ1) is 8.99. The van der Waals surface area contributed by atoms with Gasteiger partial charge in [-0.3, -0.25) is 0 Å². The van der Waals surface area contributed by atoms with Crippen molar-refractivity contribution in [3.05, 3.63) is 51.9 Å². The maximum atomic E-state index is 9.79. The maximum Gasteiger partial charge on any atom is 0.121 e. The van der Waals surface area contributed by atoms with Crippen molar-refractivity contribution in [2.75, 3.05) is 0 Å². The highest BCUT2D eigenvalue weighted by atomic mass is 35.5. The lowest BCUT2D eigenvalue weighted by molar-refractivity contribution is 0.458. The zero-order valence-electron chi connectivity index (χ0n) is 11.3. The standard InChI is InChI=1S/C15H18ClNO2/c1-9-7-12(11(3)19-9)10(2)17-8-13-14(16)5-4-6-15(13)18/h4-7,10,17-18H,8H2,1-3H3. The van der Waals surface area contributed by atoms with E-state index in [-0.39, 0.29) is 11.8 Å². The van der Waals surface area contributed by atoms with Crippen LogP contribution in [0.25, 0.3) is 0 Å². The van der Waals surface area contributed by atoms with Gasteiger partial charge >= 0.3 is 0 Å². The number of hydrogen-bond donors (Lipinski definition) is 2. The van der Waals surface area contributed by atoms with Crippen molar-refractivity contribution in [3.8, 4) is 5.75 Å². The average Bonchev–Trinajstić information content (AvgIpc) is 2.67.